The van der Waals surface area contributed by atoms with Crippen LogP contribution in [0.5, 0.6) is 0 Å². The van der Waals surface area contributed by atoms with E-state index in [2.05, 4.69) is 6.58 Å². The molecule has 0 N–H and O–H groups in total. The molecule has 0 amide bonds. The Morgan fingerprint density at radius 1 is 0.800 bits per heavy atom. The Hall–Kier alpha value is -1.37. The van der Waals surface area contributed by atoms with Gasteiger partial charge in [0.05, 0.1) is 0 Å². The van der Waals surface area contributed by atoms with Crippen molar-refractivity contribution < 1.29 is 4.79 Å². The molecule has 0 bridgehead atoms. The van der Waals surface area contributed by atoms with Gasteiger partial charge in [0, 0.05) is 0 Å². The summed E-state index contributed by atoms with van der Waals surface area (Å²) in [5.74, 6) is 0. The van der Waals surface area contributed by atoms with E-state index in [0.717, 1.165) is 6.29 Å². The highest BCUT2D eigenvalue weighted by Gasteiger charge is 1.60. The summed E-state index contributed by atoms with van der Waals surface area (Å²) in [6, 6.07) is 0. The molecule has 0 aromatic heterocycles. The lowest BCUT2D eigenvalue weighted by Gasteiger charge is -1.69. The molecule has 0 aromatic carbocycles. The van der Waals surface area contributed by atoms with Gasteiger partial charge in [-0.3, -0.25) is 4.79 Å². The highest BCUT2D eigenvalue weighted by molar-refractivity contribution is 5.65. The van der Waals surface area contributed by atoms with E-state index in [4.69, 9.17) is 0 Å². The number of aldehydes is 1. The quantitative estimate of drug-likeness (QED) is 0.326. The predicted octanol–water partition coefficient (Wildman–Crippen LogP) is 2.04. The maximum absolute atomic E-state index is 9.74. The fraction of sp³-hybridized carbons (Fsp3) is 0. The van der Waals surface area contributed by atoms with Crippen molar-refractivity contribution in [1.82, 2.24) is 0 Å². The van der Waals surface area contributed by atoms with Crippen LogP contribution in [-0.4, -0.2) is 6.29 Å². The molecule has 0 rings (SSSR count). The molecule has 0 aliphatic rings. The first-order chi connectivity index (χ1) is 4.91. The van der Waals surface area contributed by atoms with Gasteiger partial charge in [0.15, 0.2) is 0 Å². The molecule has 0 aliphatic heterocycles. The smallest absolute Gasteiger partial charge is 0.142 e. The highest BCUT2D eigenvalue weighted by Crippen LogP contribution is 1.78. The number of allylic oxidation sites excluding steroid dienone is 7. The van der Waals surface area contributed by atoms with Crippen molar-refractivity contribution in [2.75, 3.05) is 0 Å². The first-order valence-electron chi connectivity index (χ1n) is 2.98. The third-order valence-corrected chi connectivity index (χ3v) is 0.770. The largest absolute Gasteiger partial charge is 0.299 e. The summed E-state index contributed by atoms with van der Waals surface area (Å²) in [4.78, 5) is 9.74. The summed E-state index contributed by atoms with van der Waals surface area (Å²) >= 11 is 0. The van der Waals surface area contributed by atoms with Crippen LogP contribution in [0.25, 0.3) is 0 Å². The molecule has 0 fully saturated rings. The summed E-state index contributed by atoms with van der Waals surface area (Å²) in [6.07, 6.45) is 12.8. The van der Waals surface area contributed by atoms with Crippen LogP contribution in [0.15, 0.2) is 49.1 Å². The number of rotatable bonds is 4. The molecule has 1 nitrogen and oxygen atoms in total. The summed E-state index contributed by atoms with van der Waals surface area (Å²) in [5.41, 5.74) is 0. The second kappa shape index (κ2) is 7.63. The van der Waals surface area contributed by atoms with Crippen molar-refractivity contribution in [1.29, 1.82) is 0 Å². The molecule has 0 radical (unpaired) electrons. The van der Waals surface area contributed by atoms with Gasteiger partial charge >= 0.3 is 0 Å². The van der Waals surface area contributed by atoms with Crippen LogP contribution in [0.1, 0.15) is 0 Å². The predicted molar refractivity (Wildman–Crippen MR) is 43.7 cm³/mol. The molecule has 52 valence electrons. The molecule has 10 heavy (non-hydrogen) atoms. The summed E-state index contributed by atoms with van der Waals surface area (Å²) in [6.45, 7) is 3.50. The summed E-state index contributed by atoms with van der Waals surface area (Å²) in [7, 11) is 0. The summed E-state index contributed by atoms with van der Waals surface area (Å²) in [5, 5.41) is 0. The molecule has 0 spiro atoms. The lowest BCUT2D eigenvalue weighted by molar-refractivity contribution is -0.104. The minimum atomic E-state index is 0.738. The standard InChI is InChI=1S/C9H10O/c1-2-3-4-5-6-7-8-9-10/h2-9H,1H2. The van der Waals surface area contributed by atoms with Gasteiger partial charge in [0.25, 0.3) is 0 Å². The van der Waals surface area contributed by atoms with Gasteiger partial charge in [-0.25, -0.2) is 0 Å². The Morgan fingerprint density at radius 3 is 1.80 bits per heavy atom. The Labute approximate surface area is 61.1 Å². The zero-order valence-electron chi connectivity index (χ0n) is 5.73. The molecule has 0 saturated heterocycles. The van der Waals surface area contributed by atoms with E-state index in [9.17, 15) is 4.79 Å². The Morgan fingerprint density at radius 2 is 1.30 bits per heavy atom. The van der Waals surface area contributed by atoms with Crippen LogP contribution in [0.3, 0.4) is 0 Å². The van der Waals surface area contributed by atoms with E-state index >= 15 is 0 Å². The Balaban J connectivity index is 3.55. The van der Waals surface area contributed by atoms with Gasteiger partial charge < -0.3 is 0 Å². The maximum Gasteiger partial charge on any atom is 0.142 e. The van der Waals surface area contributed by atoms with E-state index < -0.39 is 0 Å². The molecule has 0 aliphatic carbocycles. The zero-order valence-corrected chi connectivity index (χ0v) is 5.73. The minimum absolute atomic E-state index is 0.738. The average molecular weight is 134 g/mol. The van der Waals surface area contributed by atoms with Crippen molar-refractivity contribution in [2.45, 2.75) is 0 Å². The van der Waals surface area contributed by atoms with Crippen molar-refractivity contribution >= 4 is 6.29 Å². The van der Waals surface area contributed by atoms with E-state index in [1.807, 2.05) is 18.2 Å². The van der Waals surface area contributed by atoms with Crippen LogP contribution in [0.4, 0.5) is 0 Å². The number of hydrogen-bond acceptors (Lipinski definition) is 1. The van der Waals surface area contributed by atoms with Gasteiger partial charge in [0.1, 0.15) is 6.29 Å². The Bertz CT molecular complexity index is 153. The lowest BCUT2D eigenvalue weighted by atomic mass is 10.4. The van der Waals surface area contributed by atoms with Crippen LogP contribution in [0, 0.1) is 0 Å². The minimum Gasteiger partial charge on any atom is -0.299 e. The van der Waals surface area contributed by atoms with Gasteiger partial charge in [-0.2, -0.15) is 0 Å². The molecular formula is C9H10O. The van der Waals surface area contributed by atoms with E-state index in [1.165, 1.54) is 6.08 Å². The topological polar surface area (TPSA) is 17.1 Å². The average Bonchev–Trinajstić information content (AvgIpc) is 1.97. The molecule has 0 unspecified atom stereocenters. The number of carbonyl (C=O) groups is 1. The normalized spacial score (nSPS) is 11.6. The van der Waals surface area contributed by atoms with Gasteiger partial charge in [0.2, 0.25) is 0 Å². The summed E-state index contributed by atoms with van der Waals surface area (Å²) < 4.78 is 0. The third kappa shape index (κ3) is 6.63. The van der Waals surface area contributed by atoms with Crippen molar-refractivity contribution in [3.8, 4) is 0 Å². The number of hydrogen-bond donors (Lipinski definition) is 0. The Kier molecular flexibility index (Phi) is 6.58. The van der Waals surface area contributed by atoms with Gasteiger partial charge in [-0.1, -0.05) is 43.0 Å². The van der Waals surface area contributed by atoms with Crippen molar-refractivity contribution in [3.05, 3.63) is 49.1 Å². The second-order valence-corrected chi connectivity index (χ2v) is 1.53. The monoisotopic (exact) mass is 134 g/mol. The SMILES string of the molecule is C=CC=CC=CC=CC=O. The first-order valence-corrected chi connectivity index (χ1v) is 2.98. The van der Waals surface area contributed by atoms with Crippen LogP contribution < -0.4 is 0 Å². The van der Waals surface area contributed by atoms with Gasteiger partial charge in [-0.15, -0.1) is 0 Å². The van der Waals surface area contributed by atoms with Crippen LogP contribution in [0.2, 0.25) is 0 Å². The molecule has 0 aromatic rings. The second-order valence-electron chi connectivity index (χ2n) is 1.53. The maximum atomic E-state index is 9.74. The van der Waals surface area contributed by atoms with Crippen LogP contribution >= 0.6 is 0 Å². The van der Waals surface area contributed by atoms with Crippen molar-refractivity contribution in [3.63, 3.8) is 0 Å². The van der Waals surface area contributed by atoms with E-state index in [0.29, 0.717) is 0 Å². The van der Waals surface area contributed by atoms with Crippen LogP contribution in [-0.2, 0) is 4.79 Å². The third-order valence-electron chi connectivity index (χ3n) is 0.770. The first kappa shape index (κ1) is 8.63. The molecule has 1 heteroatoms. The molecule has 0 atom stereocenters. The fourth-order valence-electron chi connectivity index (χ4n) is 0.381. The molecule has 0 heterocycles. The molecule has 0 saturated carbocycles. The zero-order chi connectivity index (χ0) is 7.66. The number of carbonyl (C=O) groups excluding carboxylic acids is 1. The van der Waals surface area contributed by atoms with Crippen molar-refractivity contribution in [2.24, 2.45) is 0 Å². The van der Waals surface area contributed by atoms with Gasteiger partial charge in [-0.05, 0) is 6.08 Å². The van der Waals surface area contributed by atoms with E-state index in [1.54, 1.807) is 18.2 Å². The highest BCUT2D eigenvalue weighted by atomic mass is 16.1. The molecular weight excluding hydrogens is 124 g/mol. The van der Waals surface area contributed by atoms with E-state index in [-0.39, 0.29) is 0 Å². The lowest BCUT2D eigenvalue weighted by Crippen LogP contribution is -1.55. The fourth-order valence-corrected chi connectivity index (χ4v) is 0.381.